The number of nitrogens with zero attached hydrogens (tertiary/aromatic N) is 5. The van der Waals surface area contributed by atoms with Crippen molar-refractivity contribution in [3.8, 4) is 0 Å². The van der Waals surface area contributed by atoms with E-state index in [0.717, 1.165) is 69.5 Å². The smallest absolute Gasteiger partial charge is 0.388 e. The number of carbonyl (C=O) groups excluding carboxylic acids is 1. The van der Waals surface area contributed by atoms with Crippen LogP contribution in [0.3, 0.4) is 0 Å². The topological polar surface area (TPSA) is 144 Å². The number of morpholine rings is 1. The summed E-state index contributed by atoms with van der Waals surface area (Å²) in [4.78, 5) is 28.4. The molecule has 3 heterocycles. The summed E-state index contributed by atoms with van der Waals surface area (Å²) in [5, 5.41) is 12.0. The van der Waals surface area contributed by atoms with E-state index < -0.39 is 12.0 Å². The molecule has 1 amide bonds. The summed E-state index contributed by atoms with van der Waals surface area (Å²) in [7, 11) is 0. The van der Waals surface area contributed by atoms with Crippen LogP contribution in [0.5, 0.6) is 0 Å². The van der Waals surface area contributed by atoms with Gasteiger partial charge in [-0.3, -0.25) is 5.41 Å². The van der Waals surface area contributed by atoms with Crippen LogP contribution in [0.25, 0.3) is 11.2 Å². The zero-order chi connectivity index (χ0) is 27.8. The van der Waals surface area contributed by atoms with Crippen LogP contribution in [-0.4, -0.2) is 62.8 Å². The summed E-state index contributed by atoms with van der Waals surface area (Å²) in [5.41, 5.74) is 6.56. The third-order valence-electron chi connectivity index (χ3n) is 9.61. The number of primary amides is 1. The van der Waals surface area contributed by atoms with Crippen molar-refractivity contribution >= 4 is 34.9 Å². The molecule has 0 bridgehead atoms. The molecule has 4 N–H and O–H groups in total. The number of amides is 1. The highest BCUT2D eigenvalue weighted by atomic mass is 16.6. The second-order valence-corrected chi connectivity index (χ2v) is 12.1. The Balaban J connectivity index is 1.45. The molecule has 0 spiro atoms. The van der Waals surface area contributed by atoms with Gasteiger partial charge in [-0.2, -0.15) is 4.98 Å². The number of hydrogen-bond donors (Lipinski definition) is 3. The van der Waals surface area contributed by atoms with E-state index in [1.165, 1.54) is 19.3 Å². The molecule has 2 aromatic rings. The standard InChI is InChI=1S/C29H42N8O3/c1-3-18-10-12-19(13-11-18)16-37-23-25(32-17(2)20-6-4-7-20)33-27(24(30)40-28(31)38)34-26(23)35-29(37)36-14-15-39-22-9-5-8-21(22)36/h3,17-22,30H,1,4-16H2,2H3,(H2,31,38)(H,32,33,34)/t17-,18?,19?,21?,22?/m1/s1. The number of nitrogens with two attached hydrogens (primary N) is 1. The van der Waals surface area contributed by atoms with Gasteiger partial charge in [0.2, 0.25) is 11.8 Å². The van der Waals surface area contributed by atoms with Crippen molar-refractivity contribution in [2.45, 2.75) is 95.9 Å². The molecule has 2 aromatic heterocycles. The Kier molecular flexibility index (Phi) is 7.65. The number of imidazole rings is 1. The molecule has 40 heavy (non-hydrogen) atoms. The number of hydrogen-bond acceptors (Lipinski definition) is 9. The van der Waals surface area contributed by atoms with Crippen molar-refractivity contribution in [3.63, 3.8) is 0 Å². The summed E-state index contributed by atoms with van der Waals surface area (Å²) in [5.74, 6) is 2.73. The summed E-state index contributed by atoms with van der Waals surface area (Å²) >= 11 is 0. The van der Waals surface area contributed by atoms with Gasteiger partial charge in [-0.15, -0.1) is 6.58 Å². The highest BCUT2D eigenvalue weighted by molar-refractivity contribution is 5.98. The predicted octanol–water partition coefficient (Wildman–Crippen LogP) is 4.60. The molecule has 11 heteroatoms. The minimum Gasteiger partial charge on any atom is -0.388 e. The molecule has 1 saturated heterocycles. The molecular formula is C29H42N8O3. The molecule has 0 aromatic carbocycles. The van der Waals surface area contributed by atoms with Gasteiger partial charge in [0.15, 0.2) is 11.5 Å². The fourth-order valence-corrected chi connectivity index (χ4v) is 7.08. The molecule has 6 rings (SSSR count). The van der Waals surface area contributed by atoms with E-state index in [4.69, 9.17) is 30.6 Å². The van der Waals surface area contributed by atoms with Gasteiger partial charge in [0, 0.05) is 19.1 Å². The molecule has 1 aliphatic heterocycles. The zero-order valence-electron chi connectivity index (χ0n) is 23.5. The Morgan fingerprint density at radius 2 is 1.95 bits per heavy atom. The van der Waals surface area contributed by atoms with Gasteiger partial charge in [0.1, 0.15) is 5.52 Å². The Morgan fingerprint density at radius 3 is 2.65 bits per heavy atom. The lowest BCUT2D eigenvalue weighted by Crippen LogP contribution is -2.49. The van der Waals surface area contributed by atoms with Crippen LogP contribution in [0, 0.1) is 23.2 Å². The number of fused-ring (bicyclic) bond motifs is 2. The molecule has 3 atom stereocenters. The molecule has 4 aliphatic rings. The van der Waals surface area contributed by atoms with E-state index in [0.29, 0.717) is 35.8 Å². The predicted molar refractivity (Wildman–Crippen MR) is 154 cm³/mol. The summed E-state index contributed by atoms with van der Waals surface area (Å²) < 4.78 is 13.3. The fourth-order valence-electron chi connectivity index (χ4n) is 7.08. The van der Waals surface area contributed by atoms with Gasteiger partial charge >= 0.3 is 6.09 Å². The number of carbonyl (C=O) groups is 1. The Labute approximate surface area is 235 Å². The first-order valence-corrected chi connectivity index (χ1v) is 15.0. The first-order chi connectivity index (χ1) is 19.4. The molecular weight excluding hydrogens is 508 g/mol. The minimum atomic E-state index is -1.06. The van der Waals surface area contributed by atoms with Crippen LogP contribution in [0.1, 0.15) is 77.0 Å². The molecule has 3 saturated carbocycles. The van der Waals surface area contributed by atoms with Gasteiger partial charge < -0.3 is 30.0 Å². The van der Waals surface area contributed by atoms with E-state index in [-0.39, 0.29) is 24.0 Å². The quantitative estimate of drug-likeness (QED) is 0.246. The van der Waals surface area contributed by atoms with Gasteiger partial charge in [-0.25, -0.2) is 14.8 Å². The lowest BCUT2D eigenvalue weighted by molar-refractivity contribution is 0.0247. The van der Waals surface area contributed by atoms with Crippen LogP contribution >= 0.6 is 0 Å². The first kappa shape index (κ1) is 27.0. The molecule has 11 nitrogen and oxygen atoms in total. The monoisotopic (exact) mass is 550 g/mol. The lowest BCUT2D eigenvalue weighted by atomic mass is 9.80. The molecule has 2 unspecified atom stereocenters. The average Bonchev–Trinajstić information content (AvgIpc) is 3.52. The number of aromatic nitrogens is 4. The summed E-state index contributed by atoms with van der Waals surface area (Å²) in [6.07, 6.45) is 12.8. The Hall–Kier alpha value is -3.21. The Bertz CT molecular complexity index is 1270. The fraction of sp³-hybridized carbons (Fsp3) is 0.690. The van der Waals surface area contributed by atoms with Crippen LogP contribution in [0.4, 0.5) is 16.6 Å². The summed E-state index contributed by atoms with van der Waals surface area (Å²) in [6, 6.07) is 0.485. The normalized spacial score (nSPS) is 27.6. The average molecular weight is 551 g/mol. The largest absolute Gasteiger partial charge is 0.411 e. The maximum atomic E-state index is 11.4. The zero-order valence-corrected chi connectivity index (χ0v) is 23.5. The second-order valence-electron chi connectivity index (χ2n) is 12.1. The van der Waals surface area contributed by atoms with E-state index >= 15 is 0 Å². The molecule has 0 radical (unpaired) electrons. The van der Waals surface area contributed by atoms with Crippen LogP contribution in [0.2, 0.25) is 0 Å². The van der Waals surface area contributed by atoms with E-state index in [1.807, 2.05) is 0 Å². The van der Waals surface area contributed by atoms with Gasteiger partial charge in [-0.1, -0.05) is 12.5 Å². The molecule has 216 valence electrons. The molecule has 3 aliphatic carbocycles. The third-order valence-corrected chi connectivity index (χ3v) is 9.61. The van der Waals surface area contributed by atoms with Crippen LogP contribution in [-0.2, 0) is 16.0 Å². The van der Waals surface area contributed by atoms with Gasteiger partial charge in [-0.05, 0) is 82.5 Å². The number of anilines is 2. The van der Waals surface area contributed by atoms with Crippen molar-refractivity contribution < 1.29 is 14.3 Å². The number of rotatable bonds is 8. The number of ether oxygens (including phenoxy) is 2. The number of allylic oxidation sites excluding steroid dienone is 1. The van der Waals surface area contributed by atoms with Gasteiger partial charge in [0.05, 0.1) is 18.8 Å². The maximum absolute atomic E-state index is 11.4. The maximum Gasteiger partial charge on any atom is 0.411 e. The van der Waals surface area contributed by atoms with Crippen molar-refractivity contribution in [1.82, 2.24) is 19.5 Å². The first-order valence-electron chi connectivity index (χ1n) is 15.0. The Morgan fingerprint density at radius 1 is 1.18 bits per heavy atom. The van der Waals surface area contributed by atoms with E-state index in [2.05, 4.69) is 39.3 Å². The van der Waals surface area contributed by atoms with Crippen molar-refractivity contribution in [2.75, 3.05) is 23.4 Å². The number of nitrogens with one attached hydrogen (secondary N) is 2. The van der Waals surface area contributed by atoms with Crippen LogP contribution in [0.15, 0.2) is 12.7 Å². The molecule has 4 fully saturated rings. The van der Waals surface area contributed by atoms with E-state index in [1.54, 1.807) is 0 Å². The highest BCUT2D eigenvalue weighted by Gasteiger charge is 2.39. The van der Waals surface area contributed by atoms with Gasteiger partial charge in [0.25, 0.3) is 5.90 Å². The second kappa shape index (κ2) is 11.3. The lowest BCUT2D eigenvalue weighted by Gasteiger charge is -2.39. The summed E-state index contributed by atoms with van der Waals surface area (Å²) in [6.45, 7) is 8.48. The SMILES string of the molecule is C=CC1CCC(Cn2c(N3CCOC4CCCC43)nc3nc(C(=N)OC(N)=O)nc(N[C@H](C)C4CCC4)c32)CC1. The van der Waals surface area contributed by atoms with Crippen molar-refractivity contribution in [2.24, 2.45) is 23.5 Å². The van der Waals surface area contributed by atoms with Crippen molar-refractivity contribution in [3.05, 3.63) is 18.5 Å². The van der Waals surface area contributed by atoms with Crippen molar-refractivity contribution in [1.29, 1.82) is 5.41 Å². The third kappa shape index (κ3) is 5.27. The highest BCUT2D eigenvalue weighted by Crippen LogP contribution is 2.39. The van der Waals surface area contributed by atoms with Crippen LogP contribution < -0.4 is 16.0 Å². The van der Waals surface area contributed by atoms with E-state index in [9.17, 15) is 4.79 Å². The minimum absolute atomic E-state index is 0.00183.